The highest BCUT2D eigenvalue weighted by molar-refractivity contribution is 5.96. The monoisotopic (exact) mass is 292 g/mol. The number of carbonyl (C=O) groups excluding carboxylic acids is 2. The lowest BCUT2D eigenvalue weighted by Gasteiger charge is -2.17. The van der Waals surface area contributed by atoms with Gasteiger partial charge >= 0.3 is 0 Å². The van der Waals surface area contributed by atoms with Crippen molar-refractivity contribution >= 4 is 23.2 Å². The largest absolute Gasteiger partial charge is 0.397 e. The smallest absolute Gasteiger partial charge is 0.251 e. The molecule has 116 valence electrons. The van der Waals surface area contributed by atoms with E-state index < -0.39 is 6.04 Å². The number of carbonyl (C=O) groups is 2. The molecule has 0 saturated heterocycles. The van der Waals surface area contributed by atoms with Gasteiger partial charge in [0.15, 0.2) is 0 Å². The Kier molecular flexibility index (Phi) is 6.02. The highest BCUT2D eigenvalue weighted by Crippen LogP contribution is 2.20. The van der Waals surface area contributed by atoms with Crippen LogP contribution in [0.25, 0.3) is 0 Å². The molecule has 0 saturated carbocycles. The van der Waals surface area contributed by atoms with Crippen molar-refractivity contribution < 1.29 is 9.59 Å². The minimum Gasteiger partial charge on any atom is -0.397 e. The second-order valence-corrected chi connectivity index (χ2v) is 5.39. The molecule has 6 nitrogen and oxygen atoms in total. The van der Waals surface area contributed by atoms with E-state index in [9.17, 15) is 9.59 Å². The number of hydrogen-bond acceptors (Lipinski definition) is 4. The van der Waals surface area contributed by atoms with Crippen molar-refractivity contribution in [2.24, 2.45) is 5.92 Å². The molecule has 1 rings (SSSR count). The lowest BCUT2D eigenvalue weighted by molar-refractivity contribution is -0.121. The predicted molar refractivity (Wildman–Crippen MR) is 85.2 cm³/mol. The molecule has 0 heterocycles. The summed E-state index contributed by atoms with van der Waals surface area (Å²) in [7, 11) is 1.56. The Hall–Kier alpha value is -2.24. The van der Waals surface area contributed by atoms with Gasteiger partial charge in [0, 0.05) is 19.2 Å². The third-order valence-corrected chi connectivity index (χ3v) is 2.99. The average Bonchev–Trinajstić information content (AvgIpc) is 2.45. The fourth-order valence-corrected chi connectivity index (χ4v) is 1.74. The first kappa shape index (κ1) is 16.8. The summed E-state index contributed by atoms with van der Waals surface area (Å²) >= 11 is 0. The van der Waals surface area contributed by atoms with E-state index in [1.807, 2.05) is 13.8 Å². The Morgan fingerprint density at radius 2 is 1.90 bits per heavy atom. The number of nitrogen functional groups attached to an aromatic ring is 1. The Morgan fingerprint density at radius 1 is 1.24 bits per heavy atom. The van der Waals surface area contributed by atoms with Gasteiger partial charge < -0.3 is 21.7 Å². The second kappa shape index (κ2) is 7.52. The molecule has 1 unspecified atom stereocenters. The standard InChI is InChI=1S/C15H24N4O2/c1-9(2)8-18-14(20)10(3)19-13-6-5-11(7-12(13)16)15(21)17-4/h5-7,9-10,19H,8,16H2,1-4H3,(H,17,21)(H,18,20). The molecule has 1 aromatic carbocycles. The van der Waals surface area contributed by atoms with Crippen molar-refractivity contribution in [3.05, 3.63) is 23.8 Å². The molecule has 0 fully saturated rings. The SMILES string of the molecule is CNC(=O)c1ccc(NC(C)C(=O)NCC(C)C)c(N)c1. The Morgan fingerprint density at radius 3 is 2.43 bits per heavy atom. The third kappa shape index (κ3) is 4.98. The van der Waals surface area contributed by atoms with Gasteiger partial charge in [0.25, 0.3) is 5.91 Å². The van der Waals surface area contributed by atoms with Crippen LogP contribution < -0.4 is 21.7 Å². The number of anilines is 2. The van der Waals surface area contributed by atoms with Crippen LogP contribution in [0.5, 0.6) is 0 Å². The quantitative estimate of drug-likeness (QED) is 0.592. The molecule has 2 amide bonds. The number of nitrogens with one attached hydrogen (secondary N) is 3. The van der Waals surface area contributed by atoms with Crippen molar-refractivity contribution in [1.82, 2.24) is 10.6 Å². The molecule has 0 aliphatic carbocycles. The van der Waals surface area contributed by atoms with Gasteiger partial charge in [-0.2, -0.15) is 0 Å². The van der Waals surface area contributed by atoms with Gasteiger partial charge in [0.1, 0.15) is 6.04 Å². The molecule has 1 atom stereocenters. The second-order valence-electron chi connectivity index (χ2n) is 5.39. The Balaban J connectivity index is 2.70. The lowest BCUT2D eigenvalue weighted by Crippen LogP contribution is -2.39. The molecule has 21 heavy (non-hydrogen) atoms. The highest BCUT2D eigenvalue weighted by Gasteiger charge is 2.14. The molecule has 6 heteroatoms. The molecule has 0 aliphatic rings. The maximum atomic E-state index is 11.9. The molecule has 0 radical (unpaired) electrons. The summed E-state index contributed by atoms with van der Waals surface area (Å²) in [6.07, 6.45) is 0. The molecule has 0 spiro atoms. The normalized spacial score (nSPS) is 11.9. The first-order chi connectivity index (χ1) is 9.85. The van der Waals surface area contributed by atoms with Gasteiger partial charge in [-0.15, -0.1) is 0 Å². The fourth-order valence-electron chi connectivity index (χ4n) is 1.74. The molecule has 0 bridgehead atoms. The van der Waals surface area contributed by atoms with E-state index in [4.69, 9.17) is 5.73 Å². The van der Waals surface area contributed by atoms with Gasteiger partial charge in [-0.1, -0.05) is 13.8 Å². The van der Waals surface area contributed by atoms with Crippen LogP contribution in [0.3, 0.4) is 0 Å². The number of hydrogen-bond donors (Lipinski definition) is 4. The summed E-state index contributed by atoms with van der Waals surface area (Å²) in [4.78, 5) is 23.4. The molecular formula is C15H24N4O2. The summed E-state index contributed by atoms with van der Waals surface area (Å²) < 4.78 is 0. The van der Waals surface area contributed by atoms with Crippen molar-refractivity contribution in [2.75, 3.05) is 24.6 Å². The van der Waals surface area contributed by atoms with Crippen molar-refractivity contribution in [3.8, 4) is 0 Å². The van der Waals surface area contributed by atoms with E-state index in [1.54, 1.807) is 32.2 Å². The molecular weight excluding hydrogens is 268 g/mol. The van der Waals surface area contributed by atoms with Crippen molar-refractivity contribution in [3.63, 3.8) is 0 Å². The Bertz CT molecular complexity index is 514. The zero-order valence-corrected chi connectivity index (χ0v) is 13.0. The zero-order valence-electron chi connectivity index (χ0n) is 13.0. The minimum atomic E-state index is -0.406. The van der Waals surface area contributed by atoms with Crippen LogP contribution in [0.1, 0.15) is 31.1 Å². The van der Waals surface area contributed by atoms with Crippen LogP contribution in [0.4, 0.5) is 11.4 Å². The number of benzene rings is 1. The van der Waals surface area contributed by atoms with Gasteiger partial charge in [-0.25, -0.2) is 0 Å². The fraction of sp³-hybridized carbons (Fsp3) is 0.467. The van der Waals surface area contributed by atoms with E-state index in [0.717, 1.165) is 0 Å². The number of nitrogens with two attached hydrogens (primary N) is 1. The summed E-state index contributed by atoms with van der Waals surface area (Å²) in [5.74, 6) is 0.118. The van der Waals surface area contributed by atoms with Crippen LogP contribution in [0, 0.1) is 5.92 Å². The van der Waals surface area contributed by atoms with E-state index in [2.05, 4.69) is 16.0 Å². The van der Waals surface area contributed by atoms with Crippen LogP contribution >= 0.6 is 0 Å². The minimum absolute atomic E-state index is 0.0847. The van der Waals surface area contributed by atoms with Crippen molar-refractivity contribution in [1.29, 1.82) is 0 Å². The van der Waals surface area contributed by atoms with Crippen LogP contribution in [0.15, 0.2) is 18.2 Å². The number of amides is 2. The van der Waals surface area contributed by atoms with Gasteiger partial charge in [0.05, 0.1) is 11.4 Å². The summed E-state index contributed by atoms with van der Waals surface area (Å²) in [6.45, 7) is 6.47. The summed E-state index contributed by atoms with van der Waals surface area (Å²) in [6, 6.07) is 4.54. The highest BCUT2D eigenvalue weighted by atomic mass is 16.2. The maximum absolute atomic E-state index is 11.9. The van der Waals surface area contributed by atoms with Gasteiger partial charge in [0.2, 0.25) is 5.91 Å². The lowest BCUT2D eigenvalue weighted by atomic mass is 10.1. The summed E-state index contributed by atoms with van der Waals surface area (Å²) in [5.41, 5.74) is 7.46. The van der Waals surface area contributed by atoms with Crippen LogP contribution in [0.2, 0.25) is 0 Å². The van der Waals surface area contributed by atoms with Gasteiger partial charge in [-0.05, 0) is 31.0 Å². The van der Waals surface area contributed by atoms with Crippen molar-refractivity contribution in [2.45, 2.75) is 26.8 Å². The third-order valence-electron chi connectivity index (χ3n) is 2.99. The van der Waals surface area contributed by atoms with E-state index in [1.165, 1.54) is 0 Å². The average molecular weight is 292 g/mol. The molecule has 1 aromatic rings. The predicted octanol–water partition coefficient (Wildman–Crippen LogP) is 1.20. The van der Waals surface area contributed by atoms with Gasteiger partial charge in [-0.3, -0.25) is 9.59 Å². The topological polar surface area (TPSA) is 96.2 Å². The zero-order chi connectivity index (χ0) is 16.0. The Labute approximate surface area is 125 Å². The first-order valence-corrected chi connectivity index (χ1v) is 7.01. The van der Waals surface area contributed by atoms with Crippen LogP contribution in [-0.2, 0) is 4.79 Å². The first-order valence-electron chi connectivity index (χ1n) is 7.01. The van der Waals surface area contributed by atoms with E-state index in [0.29, 0.717) is 29.4 Å². The molecule has 5 N–H and O–H groups in total. The molecule has 0 aromatic heterocycles. The maximum Gasteiger partial charge on any atom is 0.251 e. The summed E-state index contributed by atoms with van der Waals surface area (Å²) in [5, 5.41) is 8.44. The van der Waals surface area contributed by atoms with E-state index in [-0.39, 0.29) is 11.8 Å². The number of rotatable bonds is 6. The van der Waals surface area contributed by atoms with Crippen LogP contribution in [-0.4, -0.2) is 31.4 Å². The molecule has 0 aliphatic heterocycles. The van der Waals surface area contributed by atoms with E-state index >= 15 is 0 Å².